The Morgan fingerprint density at radius 3 is 2.45 bits per heavy atom. The fourth-order valence-corrected chi connectivity index (χ4v) is 3.86. The van der Waals surface area contributed by atoms with Crippen molar-refractivity contribution in [2.24, 2.45) is 0 Å². The number of methoxy groups -OCH3 is 1. The molecule has 0 unspecified atom stereocenters. The van der Waals surface area contributed by atoms with Crippen molar-refractivity contribution >= 4 is 52.1 Å². The van der Waals surface area contributed by atoms with Gasteiger partial charge in [0.25, 0.3) is 5.91 Å². The Morgan fingerprint density at radius 1 is 1.21 bits per heavy atom. The minimum Gasteiger partial charge on any atom is -0.465 e. The standard InChI is InChI=1S/C17H10Cl2F3N3O3S/c1-28-16(27)13-10(5-6-29-13)24-15(26)11-14(17(20,21)22)25(7-23-11)12-8(18)3-2-4-9(12)19/h2-7H,1H3,(H,24,26). The quantitative estimate of drug-likeness (QED) is 0.532. The Kier molecular flexibility index (Phi) is 5.87. The van der Waals surface area contributed by atoms with Gasteiger partial charge in [-0.25, -0.2) is 9.78 Å². The highest BCUT2D eigenvalue weighted by atomic mass is 35.5. The van der Waals surface area contributed by atoms with Crippen LogP contribution >= 0.6 is 34.5 Å². The smallest absolute Gasteiger partial charge is 0.434 e. The van der Waals surface area contributed by atoms with Gasteiger partial charge in [0.2, 0.25) is 0 Å². The lowest BCUT2D eigenvalue weighted by Crippen LogP contribution is -2.21. The number of nitrogens with one attached hydrogen (secondary N) is 1. The summed E-state index contributed by atoms with van der Waals surface area (Å²) >= 11 is 13.0. The molecule has 0 saturated heterocycles. The van der Waals surface area contributed by atoms with E-state index in [9.17, 15) is 22.8 Å². The zero-order valence-electron chi connectivity index (χ0n) is 14.4. The molecule has 3 aromatic rings. The van der Waals surface area contributed by atoms with Crippen molar-refractivity contribution in [1.82, 2.24) is 9.55 Å². The van der Waals surface area contributed by atoms with Crippen LogP contribution in [0, 0.1) is 0 Å². The molecule has 0 bridgehead atoms. The van der Waals surface area contributed by atoms with Crippen molar-refractivity contribution in [2.45, 2.75) is 6.18 Å². The number of hydrogen-bond acceptors (Lipinski definition) is 5. The lowest BCUT2D eigenvalue weighted by Gasteiger charge is -2.15. The molecule has 1 N–H and O–H groups in total. The Labute approximate surface area is 175 Å². The molecule has 152 valence electrons. The van der Waals surface area contributed by atoms with E-state index in [-0.39, 0.29) is 26.3 Å². The number of thiophene rings is 1. The van der Waals surface area contributed by atoms with E-state index in [1.165, 1.54) is 29.6 Å². The van der Waals surface area contributed by atoms with Gasteiger partial charge in [-0.15, -0.1) is 11.3 Å². The predicted octanol–water partition coefficient (Wildman–Crippen LogP) is 5.30. The molecule has 12 heteroatoms. The summed E-state index contributed by atoms with van der Waals surface area (Å²) in [5, 5.41) is 3.62. The van der Waals surface area contributed by atoms with Gasteiger partial charge in [-0.1, -0.05) is 29.3 Å². The number of ether oxygens (including phenoxy) is 1. The number of carbonyl (C=O) groups excluding carboxylic acids is 2. The van der Waals surface area contributed by atoms with Crippen molar-refractivity contribution < 1.29 is 27.5 Å². The van der Waals surface area contributed by atoms with E-state index in [0.29, 0.717) is 4.57 Å². The number of benzene rings is 1. The highest BCUT2D eigenvalue weighted by Crippen LogP contribution is 2.38. The van der Waals surface area contributed by atoms with Gasteiger partial charge < -0.3 is 10.1 Å². The third kappa shape index (κ3) is 4.09. The molecule has 2 aromatic heterocycles. The summed E-state index contributed by atoms with van der Waals surface area (Å²) in [6.45, 7) is 0. The van der Waals surface area contributed by atoms with Crippen LogP contribution in [-0.2, 0) is 10.9 Å². The normalized spacial score (nSPS) is 11.4. The summed E-state index contributed by atoms with van der Waals surface area (Å²) in [5.74, 6) is -1.90. The third-order valence-corrected chi connectivity index (χ3v) is 5.22. The fourth-order valence-electron chi connectivity index (χ4n) is 2.51. The van der Waals surface area contributed by atoms with Gasteiger partial charge in [0.05, 0.1) is 28.5 Å². The predicted molar refractivity (Wildman–Crippen MR) is 102 cm³/mol. The van der Waals surface area contributed by atoms with E-state index in [2.05, 4.69) is 15.0 Å². The van der Waals surface area contributed by atoms with E-state index in [1.54, 1.807) is 0 Å². The zero-order chi connectivity index (χ0) is 21.3. The van der Waals surface area contributed by atoms with Crippen molar-refractivity contribution in [3.8, 4) is 5.69 Å². The van der Waals surface area contributed by atoms with Crippen molar-refractivity contribution in [1.29, 1.82) is 0 Å². The molecule has 1 amide bonds. The summed E-state index contributed by atoms with van der Waals surface area (Å²) in [6.07, 6.45) is -4.15. The highest BCUT2D eigenvalue weighted by Gasteiger charge is 2.41. The number of halogens is 5. The third-order valence-electron chi connectivity index (χ3n) is 3.71. The molecule has 0 fully saturated rings. The van der Waals surface area contributed by atoms with Crippen LogP contribution in [0.5, 0.6) is 0 Å². The molecule has 1 aromatic carbocycles. The Balaban J connectivity index is 2.07. The van der Waals surface area contributed by atoms with Gasteiger partial charge in [-0.05, 0) is 23.6 Å². The number of esters is 1. The number of aromatic nitrogens is 2. The van der Waals surface area contributed by atoms with Crippen molar-refractivity contribution in [2.75, 3.05) is 12.4 Å². The molecule has 6 nitrogen and oxygen atoms in total. The summed E-state index contributed by atoms with van der Waals surface area (Å²) in [7, 11) is 1.14. The van der Waals surface area contributed by atoms with Gasteiger partial charge >= 0.3 is 12.1 Å². The maximum atomic E-state index is 13.8. The van der Waals surface area contributed by atoms with E-state index in [1.807, 2.05) is 0 Å². The molecule has 0 aliphatic rings. The molecule has 0 radical (unpaired) electrons. The summed E-state index contributed by atoms with van der Waals surface area (Å²) in [6, 6.07) is 5.55. The second-order valence-corrected chi connectivity index (χ2v) is 7.22. The molecule has 0 aliphatic heterocycles. The van der Waals surface area contributed by atoms with Crippen LogP contribution in [-0.4, -0.2) is 28.5 Å². The number of carbonyl (C=O) groups is 2. The van der Waals surface area contributed by atoms with Crippen molar-refractivity contribution in [3.63, 3.8) is 0 Å². The average Bonchev–Trinajstić information content (AvgIpc) is 3.28. The lowest BCUT2D eigenvalue weighted by molar-refractivity contribution is -0.142. The average molecular weight is 464 g/mol. The van der Waals surface area contributed by atoms with Gasteiger partial charge in [-0.3, -0.25) is 9.36 Å². The number of anilines is 1. The molecule has 0 aliphatic carbocycles. The van der Waals surface area contributed by atoms with Crippen LogP contribution in [0.2, 0.25) is 10.0 Å². The monoisotopic (exact) mass is 463 g/mol. The topological polar surface area (TPSA) is 73.2 Å². The Bertz CT molecular complexity index is 1080. The maximum Gasteiger partial charge on any atom is 0.434 e. The fraction of sp³-hybridized carbons (Fsp3) is 0.118. The minimum absolute atomic E-state index is 0.00491. The SMILES string of the molecule is COC(=O)c1sccc1NC(=O)c1ncn(-c2c(Cl)cccc2Cl)c1C(F)(F)F. The maximum absolute atomic E-state index is 13.8. The van der Waals surface area contributed by atoms with Crippen LogP contribution < -0.4 is 5.32 Å². The Hall–Kier alpha value is -2.56. The van der Waals surface area contributed by atoms with Crippen LogP contribution in [0.15, 0.2) is 36.0 Å². The van der Waals surface area contributed by atoms with Crippen LogP contribution in [0.1, 0.15) is 25.9 Å². The number of nitrogens with zero attached hydrogens (tertiary/aromatic N) is 2. The van der Waals surface area contributed by atoms with Crippen LogP contribution in [0.3, 0.4) is 0 Å². The second-order valence-electron chi connectivity index (χ2n) is 5.49. The van der Waals surface area contributed by atoms with Gasteiger partial charge in [0.15, 0.2) is 11.4 Å². The van der Waals surface area contributed by atoms with Gasteiger partial charge in [0.1, 0.15) is 11.2 Å². The summed E-state index contributed by atoms with van der Waals surface area (Å²) < 4.78 is 46.6. The van der Waals surface area contributed by atoms with Gasteiger partial charge in [-0.2, -0.15) is 13.2 Å². The first-order valence-corrected chi connectivity index (χ1v) is 9.34. The molecule has 0 saturated carbocycles. The van der Waals surface area contributed by atoms with Crippen LogP contribution in [0.4, 0.5) is 18.9 Å². The minimum atomic E-state index is -4.95. The van der Waals surface area contributed by atoms with Gasteiger partial charge in [0, 0.05) is 0 Å². The molecule has 0 atom stereocenters. The molecular weight excluding hydrogens is 454 g/mol. The number of alkyl halides is 3. The second kappa shape index (κ2) is 8.05. The zero-order valence-corrected chi connectivity index (χ0v) is 16.7. The molecule has 29 heavy (non-hydrogen) atoms. The van der Waals surface area contributed by atoms with Crippen LogP contribution in [0.25, 0.3) is 5.69 Å². The molecule has 3 rings (SSSR count). The number of amides is 1. The Morgan fingerprint density at radius 2 is 1.86 bits per heavy atom. The largest absolute Gasteiger partial charge is 0.465 e. The highest BCUT2D eigenvalue weighted by molar-refractivity contribution is 7.12. The number of imidazole rings is 1. The van der Waals surface area contributed by atoms with E-state index in [0.717, 1.165) is 24.8 Å². The first-order chi connectivity index (χ1) is 13.6. The van der Waals surface area contributed by atoms with E-state index < -0.39 is 29.4 Å². The molecular formula is C17H10Cl2F3N3O3S. The number of para-hydroxylation sites is 1. The number of hydrogen-bond donors (Lipinski definition) is 1. The summed E-state index contributed by atoms with van der Waals surface area (Å²) in [5.41, 5.74) is -2.43. The van der Waals surface area contributed by atoms with E-state index in [4.69, 9.17) is 23.2 Å². The molecule has 2 heterocycles. The van der Waals surface area contributed by atoms with Crippen molar-refractivity contribution in [3.05, 3.63) is 62.3 Å². The number of rotatable bonds is 4. The van der Waals surface area contributed by atoms with E-state index >= 15 is 0 Å². The first kappa shape index (κ1) is 21.2. The summed E-state index contributed by atoms with van der Waals surface area (Å²) in [4.78, 5) is 27.9. The lowest BCUT2D eigenvalue weighted by atomic mass is 10.2. The molecule has 0 spiro atoms. The first-order valence-electron chi connectivity index (χ1n) is 7.71.